The second-order valence-electron chi connectivity index (χ2n) is 5.65. The molecule has 7 nitrogen and oxygen atoms in total. The molecule has 3 rings (SSSR count). The summed E-state index contributed by atoms with van der Waals surface area (Å²) in [5.74, 6) is -0.308. The Morgan fingerprint density at radius 1 is 1.42 bits per heavy atom. The van der Waals surface area contributed by atoms with Crippen LogP contribution in [0.2, 0.25) is 0 Å². The lowest BCUT2D eigenvalue weighted by molar-refractivity contribution is -0.121. The van der Waals surface area contributed by atoms with E-state index in [2.05, 4.69) is 10.3 Å². The summed E-state index contributed by atoms with van der Waals surface area (Å²) in [7, 11) is 0. The number of furan rings is 1. The van der Waals surface area contributed by atoms with E-state index >= 15 is 0 Å². The van der Waals surface area contributed by atoms with E-state index in [0.29, 0.717) is 30.5 Å². The Bertz CT molecular complexity index is 928. The van der Waals surface area contributed by atoms with Crippen molar-refractivity contribution >= 4 is 28.0 Å². The van der Waals surface area contributed by atoms with Gasteiger partial charge < -0.3 is 14.8 Å². The van der Waals surface area contributed by atoms with E-state index in [4.69, 9.17) is 4.42 Å². The van der Waals surface area contributed by atoms with E-state index in [1.165, 1.54) is 10.9 Å². The highest BCUT2D eigenvalue weighted by Gasteiger charge is 2.14. The Morgan fingerprint density at radius 3 is 3.00 bits per heavy atom. The van der Waals surface area contributed by atoms with Gasteiger partial charge in [0, 0.05) is 11.9 Å². The van der Waals surface area contributed by atoms with Gasteiger partial charge in [-0.1, -0.05) is 19.1 Å². The summed E-state index contributed by atoms with van der Waals surface area (Å²) in [6.45, 7) is 2.10. The molecule has 0 bridgehead atoms. The van der Waals surface area contributed by atoms with Gasteiger partial charge in [0.25, 0.3) is 5.56 Å². The van der Waals surface area contributed by atoms with Gasteiger partial charge in [0.2, 0.25) is 11.5 Å². The van der Waals surface area contributed by atoms with Gasteiger partial charge in [0.05, 0.1) is 12.4 Å². The predicted octanol–water partition coefficient (Wildman–Crippen LogP) is 1.42. The third kappa shape index (κ3) is 3.16. The molecule has 1 aromatic carbocycles. The zero-order valence-corrected chi connectivity index (χ0v) is 13.4. The fourth-order valence-corrected chi connectivity index (χ4v) is 2.52. The maximum atomic E-state index is 12.5. The van der Waals surface area contributed by atoms with E-state index in [1.807, 2.05) is 25.1 Å². The molecular weight excluding hydrogens is 310 g/mol. The highest BCUT2D eigenvalue weighted by molar-refractivity contribution is 6.01. The van der Waals surface area contributed by atoms with Gasteiger partial charge in [-0.2, -0.15) is 0 Å². The Morgan fingerprint density at radius 2 is 2.21 bits per heavy atom. The van der Waals surface area contributed by atoms with Crippen molar-refractivity contribution in [3.63, 3.8) is 0 Å². The fourth-order valence-electron chi connectivity index (χ4n) is 2.52. The Labute approximate surface area is 137 Å². The summed E-state index contributed by atoms with van der Waals surface area (Å²) in [6, 6.07) is 7.28. The van der Waals surface area contributed by atoms with E-state index in [0.717, 1.165) is 5.39 Å². The van der Waals surface area contributed by atoms with E-state index in [-0.39, 0.29) is 23.6 Å². The van der Waals surface area contributed by atoms with Crippen molar-refractivity contribution in [2.45, 2.75) is 32.4 Å². The van der Waals surface area contributed by atoms with Crippen molar-refractivity contribution in [1.82, 2.24) is 14.9 Å². The molecule has 0 aliphatic heterocycles. The van der Waals surface area contributed by atoms with Crippen LogP contribution in [0.4, 0.5) is 0 Å². The summed E-state index contributed by atoms with van der Waals surface area (Å²) in [6.07, 6.45) is 2.05. The molecule has 2 N–H and O–H groups in total. The molecule has 0 spiro atoms. The Kier molecular flexibility index (Phi) is 4.61. The average Bonchev–Trinajstić information content (AvgIpc) is 2.97. The maximum Gasteiger partial charge on any atom is 0.297 e. The van der Waals surface area contributed by atoms with E-state index in [9.17, 15) is 14.7 Å². The first-order chi connectivity index (χ1) is 11.6. The predicted molar refractivity (Wildman–Crippen MR) is 89.7 cm³/mol. The van der Waals surface area contributed by atoms with Crippen molar-refractivity contribution in [3.05, 3.63) is 40.9 Å². The molecule has 0 aliphatic carbocycles. The molecule has 3 aromatic rings. The highest BCUT2D eigenvalue weighted by Crippen LogP contribution is 2.23. The zero-order chi connectivity index (χ0) is 17.1. The quantitative estimate of drug-likeness (QED) is 0.713. The van der Waals surface area contributed by atoms with Crippen LogP contribution in [0.1, 0.15) is 19.8 Å². The number of aliphatic hydroxyl groups excluding tert-OH is 1. The van der Waals surface area contributed by atoms with Gasteiger partial charge in [-0.25, -0.2) is 4.98 Å². The second kappa shape index (κ2) is 6.84. The number of carbonyl (C=O) groups is 1. The average molecular weight is 329 g/mol. The number of nitrogens with one attached hydrogen (secondary N) is 1. The van der Waals surface area contributed by atoms with Crippen LogP contribution in [0.3, 0.4) is 0 Å². The monoisotopic (exact) mass is 329 g/mol. The van der Waals surface area contributed by atoms with Gasteiger partial charge in [-0.05, 0) is 25.0 Å². The SMILES string of the molecule is CCC(O)CCNC(=O)Cn1cnc2c(oc3ccccc32)c1=O. The van der Waals surface area contributed by atoms with Crippen molar-refractivity contribution in [1.29, 1.82) is 0 Å². The lowest BCUT2D eigenvalue weighted by atomic mass is 10.2. The topological polar surface area (TPSA) is 97.4 Å². The fraction of sp³-hybridized carbons (Fsp3) is 0.353. The maximum absolute atomic E-state index is 12.5. The number of hydrogen-bond acceptors (Lipinski definition) is 5. The van der Waals surface area contributed by atoms with Gasteiger partial charge in [-0.3, -0.25) is 14.2 Å². The Balaban J connectivity index is 1.78. The number of carbonyl (C=O) groups excluding carboxylic acids is 1. The standard InChI is InChI=1S/C17H19N3O4/c1-2-11(21)7-8-18-14(22)9-20-10-19-15-12-5-3-4-6-13(12)24-16(15)17(20)23/h3-6,10-11,21H,2,7-9H2,1H3,(H,18,22). The van der Waals surface area contributed by atoms with E-state index < -0.39 is 6.10 Å². The molecular formula is C17H19N3O4. The first-order valence-corrected chi connectivity index (χ1v) is 7.91. The molecule has 2 heterocycles. The van der Waals surface area contributed by atoms with Crippen LogP contribution in [-0.4, -0.2) is 33.2 Å². The van der Waals surface area contributed by atoms with Gasteiger partial charge >= 0.3 is 0 Å². The van der Waals surface area contributed by atoms with Gasteiger partial charge in [0.1, 0.15) is 17.6 Å². The third-order valence-corrected chi connectivity index (χ3v) is 3.94. The summed E-state index contributed by atoms with van der Waals surface area (Å²) < 4.78 is 6.79. The van der Waals surface area contributed by atoms with Crippen LogP contribution in [0.25, 0.3) is 22.1 Å². The number of para-hydroxylation sites is 1. The smallest absolute Gasteiger partial charge is 0.297 e. The van der Waals surface area contributed by atoms with Gasteiger partial charge in [-0.15, -0.1) is 0 Å². The molecule has 7 heteroatoms. The van der Waals surface area contributed by atoms with Crippen LogP contribution in [0.15, 0.2) is 39.8 Å². The molecule has 24 heavy (non-hydrogen) atoms. The lowest BCUT2D eigenvalue weighted by Crippen LogP contribution is -2.33. The first kappa shape index (κ1) is 16.2. The largest absolute Gasteiger partial charge is 0.448 e. The van der Waals surface area contributed by atoms with Crippen molar-refractivity contribution in [2.24, 2.45) is 0 Å². The summed E-state index contributed by atoms with van der Waals surface area (Å²) >= 11 is 0. The second-order valence-corrected chi connectivity index (χ2v) is 5.65. The summed E-state index contributed by atoms with van der Waals surface area (Å²) in [4.78, 5) is 28.7. The molecule has 1 amide bonds. The number of amides is 1. The molecule has 1 atom stereocenters. The number of rotatable bonds is 6. The molecule has 0 saturated carbocycles. The number of benzene rings is 1. The molecule has 126 valence electrons. The van der Waals surface area contributed by atoms with Crippen LogP contribution in [0.5, 0.6) is 0 Å². The van der Waals surface area contributed by atoms with Crippen molar-refractivity contribution in [2.75, 3.05) is 6.54 Å². The number of aromatic nitrogens is 2. The first-order valence-electron chi connectivity index (χ1n) is 7.91. The lowest BCUT2D eigenvalue weighted by Gasteiger charge is -2.09. The van der Waals surface area contributed by atoms with Crippen LogP contribution in [0, 0.1) is 0 Å². The summed E-state index contributed by atoms with van der Waals surface area (Å²) in [5.41, 5.74) is 0.846. The van der Waals surface area contributed by atoms with Crippen LogP contribution >= 0.6 is 0 Å². The normalized spacial score (nSPS) is 12.6. The minimum atomic E-state index is -0.429. The van der Waals surface area contributed by atoms with E-state index in [1.54, 1.807) is 6.07 Å². The molecule has 0 radical (unpaired) electrons. The third-order valence-electron chi connectivity index (χ3n) is 3.94. The number of fused-ring (bicyclic) bond motifs is 3. The molecule has 0 aliphatic rings. The Hall–Kier alpha value is -2.67. The minimum absolute atomic E-state index is 0.138. The molecule has 1 unspecified atom stereocenters. The molecule has 0 fully saturated rings. The minimum Gasteiger partial charge on any atom is -0.448 e. The van der Waals surface area contributed by atoms with Crippen molar-refractivity contribution in [3.8, 4) is 0 Å². The molecule has 2 aromatic heterocycles. The number of hydrogen-bond donors (Lipinski definition) is 2. The van der Waals surface area contributed by atoms with Gasteiger partial charge in [0.15, 0.2) is 0 Å². The van der Waals surface area contributed by atoms with Crippen molar-refractivity contribution < 1.29 is 14.3 Å². The summed E-state index contributed by atoms with van der Waals surface area (Å²) in [5, 5.41) is 12.9. The zero-order valence-electron chi connectivity index (χ0n) is 13.4. The number of nitrogens with zero attached hydrogens (tertiary/aromatic N) is 2. The molecule has 0 saturated heterocycles. The number of aliphatic hydroxyl groups is 1. The highest BCUT2D eigenvalue weighted by atomic mass is 16.3. The van der Waals surface area contributed by atoms with Crippen LogP contribution < -0.4 is 10.9 Å². The van der Waals surface area contributed by atoms with Crippen LogP contribution in [-0.2, 0) is 11.3 Å².